The number of hydrogen-bond acceptors (Lipinski definition) is 3. The zero-order chi connectivity index (χ0) is 12.0. The Balaban J connectivity index is 2.87. The van der Waals surface area contributed by atoms with E-state index >= 15 is 0 Å². The monoisotopic (exact) mass is 221 g/mol. The molecule has 3 heteroatoms. The summed E-state index contributed by atoms with van der Waals surface area (Å²) in [6.45, 7) is 7.38. The lowest BCUT2D eigenvalue weighted by molar-refractivity contribution is 0.791. The molecule has 1 aromatic rings. The number of benzene rings is 1. The molecule has 0 amide bonds. The van der Waals surface area contributed by atoms with Crippen LogP contribution in [0.4, 0.5) is 11.4 Å². The average molecular weight is 221 g/mol. The fourth-order valence-electron chi connectivity index (χ4n) is 1.85. The van der Waals surface area contributed by atoms with Gasteiger partial charge in [0, 0.05) is 24.5 Å². The van der Waals surface area contributed by atoms with Crippen molar-refractivity contribution in [2.24, 2.45) is 0 Å². The van der Waals surface area contributed by atoms with Gasteiger partial charge in [-0.15, -0.1) is 0 Å². The molecule has 0 aliphatic rings. The van der Waals surface area contributed by atoms with Crippen LogP contribution in [-0.2, 0) is 6.42 Å². The zero-order valence-corrected chi connectivity index (χ0v) is 10.6. The molecule has 0 saturated carbocycles. The first-order valence-corrected chi connectivity index (χ1v) is 6.00. The minimum Gasteiger partial charge on any atom is -0.399 e. The summed E-state index contributed by atoms with van der Waals surface area (Å²) in [4.78, 5) is 2.34. The minimum atomic E-state index is 0.895. The van der Waals surface area contributed by atoms with Crippen LogP contribution in [-0.4, -0.2) is 26.7 Å². The fraction of sp³-hybridized carbons (Fsp3) is 0.538. The number of nitrogens with one attached hydrogen (secondary N) is 1. The van der Waals surface area contributed by atoms with Gasteiger partial charge < -0.3 is 16.0 Å². The van der Waals surface area contributed by atoms with Gasteiger partial charge in [0.15, 0.2) is 0 Å². The zero-order valence-electron chi connectivity index (χ0n) is 10.6. The summed E-state index contributed by atoms with van der Waals surface area (Å²) in [5.74, 6) is 0. The number of anilines is 2. The third-order valence-electron chi connectivity index (χ3n) is 2.90. The highest BCUT2D eigenvalue weighted by atomic mass is 15.1. The van der Waals surface area contributed by atoms with Crippen molar-refractivity contribution in [2.75, 3.05) is 37.3 Å². The smallest absolute Gasteiger partial charge is 0.0370 e. The highest BCUT2D eigenvalue weighted by Crippen LogP contribution is 2.21. The van der Waals surface area contributed by atoms with Gasteiger partial charge in [-0.05, 0) is 57.6 Å². The Morgan fingerprint density at radius 1 is 1.25 bits per heavy atom. The van der Waals surface area contributed by atoms with E-state index in [1.54, 1.807) is 0 Å². The number of nitrogen functional groups attached to an aromatic ring is 1. The van der Waals surface area contributed by atoms with Crippen LogP contribution >= 0.6 is 0 Å². The molecule has 0 heterocycles. The number of rotatable bonds is 6. The predicted molar refractivity (Wildman–Crippen MR) is 72.0 cm³/mol. The van der Waals surface area contributed by atoms with Gasteiger partial charge in [-0.1, -0.05) is 0 Å². The van der Waals surface area contributed by atoms with E-state index in [1.165, 1.54) is 11.3 Å². The Hall–Kier alpha value is -1.22. The molecule has 0 atom stereocenters. The van der Waals surface area contributed by atoms with Crippen molar-refractivity contribution in [3.05, 3.63) is 23.8 Å². The van der Waals surface area contributed by atoms with E-state index in [1.807, 2.05) is 13.1 Å². The molecule has 1 aromatic carbocycles. The third kappa shape index (κ3) is 3.14. The molecule has 0 bridgehead atoms. The fourth-order valence-corrected chi connectivity index (χ4v) is 1.85. The Labute approximate surface area is 98.6 Å². The summed E-state index contributed by atoms with van der Waals surface area (Å²) in [5.41, 5.74) is 9.37. The molecule has 0 spiro atoms. The predicted octanol–water partition coefficient (Wildman–Crippen LogP) is 1.88. The van der Waals surface area contributed by atoms with E-state index < -0.39 is 0 Å². The summed E-state index contributed by atoms with van der Waals surface area (Å²) in [7, 11) is 1.96. The summed E-state index contributed by atoms with van der Waals surface area (Å²) >= 11 is 0. The van der Waals surface area contributed by atoms with Crippen molar-refractivity contribution in [2.45, 2.75) is 20.3 Å². The second kappa shape index (κ2) is 6.38. The molecular formula is C13H23N3. The van der Waals surface area contributed by atoms with Crippen molar-refractivity contribution in [3.8, 4) is 0 Å². The first kappa shape index (κ1) is 12.8. The molecule has 0 aliphatic heterocycles. The molecule has 0 fully saturated rings. The van der Waals surface area contributed by atoms with E-state index in [2.05, 4.69) is 36.2 Å². The highest BCUT2D eigenvalue weighted by molar-refractivity contribution is 5.58. The number of likely N-dealkylation sites (N-methyl/N-ethyl adjacent to an activating group) is 1. The SMILES string of the molecule is CCN(CC)c1ccc(N)c(CCNC)c1. The summed E-state index contributed by atoms with van der Waals surface area (Å²) < 4.78 is 0. The first-order valence-electron chi connectivity index (χ1n) is 6.00. The molecule has 0 unspecified atom stereocenters. The Morgan fingerprint density at radius 3 is 2.50 bits per heavy atom. The van der Waals surface area contributed by atoms with Crippen molar-refractivity contribution < 1.29 is 0 Å². The standard InChI is InChI=1S/C13H23N3/c1-4-16(5-2)12-6-7-13(14)11(10-12)8-9-15-3/h6-7,10,15H,4-5,8-9,14H2,1-3H3. The third-order valence-corrected chi connectivity index (χ3v) is 2.90. The maximum absolute atomic E-state index is 5.97. The Morgan fingerprint density at radius 2 is 1.94 bits per heavy atom. The van der Waals surface area contributed by atoms with Crippen LogP contribution in [0, 0.1) is 0 Å². The molecule has 3 nitrogen and oxygen atoms in total. The molecule has 0 radical (unpaired) electrons. The van der Waals surface area contributed by atoms with Crippen LogP contribution in [0.5, 0.6) is 0 Å². The lowest BCUT2D eigenvalue weighted by atomic mass is 10.1. The van der Waals surface area contributed by atoms with Crippen LogP contribution in [0.15, 0.2) is 18.2 Å². The van der Waals surface area contributed by atoms with Gasteiger partial charge in [-0.2, -0.15) is 0 Å². The Bertz CT molecular complexity index is 319. The quantitative estimate of drug-likeness (QED) is 0.721. The lowest BCUT2D eigenvalue weighted by Crippen LogP contribution is -2.22. The summed E-state index contributed by atoms with van der Waals surface area (Å²) in [6, 6.07) is 6.32. The van der Waals surface area contributed by atoms with Crippen LogP contribution < -0.4 is 16.0 Å². The van der Waals surface area contributed by atoms with Crippen LogP contribution in [0.1, 0.15) is 19.4 Å². The second-order valence-corrected chi connectivity index (χ2v) is 3.91. The highest BCUT2D eigenvalue weighted by Gasteiger charge is 2.05. The van der Waals surface area contributed by atoms with Crippen molar-refractivity contribution >= 4 is 11.4 Å². The maximum Gasteiger partial charge on any atom is 0.0370 e. The van der Waals surface area contributed by atoms with Crippen LogP contribution in [0.3, 0.4) is 0 Å². The molecule has 90 valence electrons. The van der Waals surface area contributed by atoms with Gasteiger partial charge in [0.25, 0.3) is 0 Å². The molecule has 1 rings (SSSR count). The van der Waals surface area contributed by atoms with E-state index in [-0.39, 0.29) is 0 Å². The van der Waals surface area contributed by atoms with Gasteiger partial charge in [0.1, 0.15) is 0 Å². The molecular weight excluding hydrogens is 198 g/mol. The molecule has 0 saturated heterocycles. The van der Waals surface area contributed by atoms with Gasteiger partial charge >= 0.3 is 0 Å². The van der Waals surface area contributed by atoms with Gasteiger partial charge in [0.2, 0.25) is 0 Å². The summed E-state index contributed by atoms with van der Waals surface area (Å²) in [6.07, 6.45) is 0.984. The van der Waals surface area contributed by atoms with E-state index in [0.29, 0.717) is 0 Å². The van der Waals surface area contributed by atoms with Crippen LogP contribution in [0.2, 0.25) is 0 Å². The first-order chi connectivity index (χ1) is 7.72. The van der Waals surface area contributed by atoms with Gasteiger partial charge in [-0.3, -0.25) is 0 Å². The van der Waals surface area contributed by atoms with Crippen LogP contribution in [0.25, 0.3) is 0 Å². The van der Waals surface area contributed by atoms with Crippen molar-refractivity contribution in [1.29, 1.82) is 0 Å². The second-order valence-electron chi connectivity index (χ2n) is 3.91. The van der Waals surface area contributed by atoms with E-state index in [4.69, 9.17) is 5.73 Å². The van der Waals surface area contributed by atoms with E-state index in [0.717, 1.165) is 31.7 Å². The number of hydrogen-bond donors (Lipinski definition) is 2. The lowest BCUT2D eigenvalue weighted by Gasteiger charge is -2.22. The minimum absolute atomic E-state index is 0.895. The van der Waals surface area contributed by atoms with Crippen molar-refractivity contribution in [3.63, 3.8) is 0 Å². The maximum atomic E-state index is 5.97. The molecule has 0 aromatic heterocycles. The number of nitrogens with zero attached hydrogens (tertiary/aromatic N) is 1. The topological polar surface area (TPSA) is 41.3 Å². The largest absolute Gasteiger partial charge is 0.399 e. The molecule has 0 aliphatic carbocycles. The average Bonchev–Trinajstić information content (AvgIpc) is 2.31. The van der Waals surface area contributed by atoms with E-state index in [9.17, 15) is 0 Å². The number of nitrogens with two attached hydrogens (primary N) is 1. The van der Waals surface area contributed by atoms with Crippen molar-refractivity contribution in [1.82, 2.24) is 5.32 Å². The normalized spacial score (nSPS) is 10.4. The molecule has 16 heavy (non-hydrogen) atoms. The Kier molecular flexibility index (Phi) is 5.12. The van der Waals surface area contributed by atoms with Gasteiger partial charge in [-0.25, -0.2) is 0 Å². The van der Waals surface area contributed by atoms with Gasteiger partial charge in [0.05, 0.1) is 0 Å². The summed E-state index contributed by atoms with van der Waals surface area (Å²) in [5, 5.41) is 3.15. The molecule has 3 N–H and O–H groups in total.